The Bertz CT molecular complexity index is 475. The standard InChI is InChI=1S/C15H20ClNO4/c1-2-5-21-14-4-3-11(8-13(14)16)15(18)17-9-12-10-19-6-7-20-12/h3-4,8,12H,2,5-7,9-10H2,1H3,(H,17,18)/t12-/m0/s1. The van der Waals surface area contributed by atoms with Gasteiger partial charge in [0.25, 0.3) is 5.91 Å². The minimum atomic E-state index is -0.187. The molecular formula is C15H20ClNO4. The van der Waals surface area contributed by atoms with Gasteiger partial charge in [0.1, 0.15) is 5.75 Å². The molecule has 1 aliphatic heterocycles. The number of nitrogens with one attached hydrogen (secondary N) is 1. The van der Waals surface area contributed by atoms with Crippen LogP contribution in [0.4, 0.5) is 0 Å². The first kappa shape index (κ1) is 16.1. The normalized spacial score (nSPS) is 18.3. The highest BCUT2D eigenvalue weighted by molar-refractivity contribution is 6.32. The van der Waals surface area contributed by atoms with E-state index in [0.717, 1.165) is 6.42 Å². The lowest BCUT2D eigenvalue weighted by Gasteiger charge is -2.23. The van der Waals surface area contributed by atoms with Crippen LogP contribution in [0.3, 0.4) is 0 Å². The van der Waals surface area contributed by atoms with Gasteiger partial charge in [-0.1, -0.05) is 18.5 Å². The van der Waals surface area contributed by atoms with Crippen molar-refractivity contribution >= 4 is 17.5 Å². The molecule has 116 valence electrons. The number of ether oxygens (including phenoxy) is 3. The summed E-state index contributed by atoms with van der Waals surface area (Å²) in [5.41, 5.74) is 0.501. The van der Waals surface area contributed by atoms with E-state index >= 15 is 0 Å². The highest BCUT2D eigenvalue weighted by Gasteiger charge is 2.16. The average Bonchev–Trinajstić information content (AvgIpc) is 2.52. The van der Waals surface area contributed by atoms with Gasteiger partial charge in [0, 0.05) is 12.1 Å². The fourth-order valence-electron chi connectivity index (χ4n) is 1.93. The second-order valence-corrected chi connectivity index (χ2v) is 5.18. The van der Waals surface area contributed by atoms with Crippen LogP contribution < -0.4 is 10.1 Å². The first-order chi connectivity index (χ1) is 10.2. The molecule has 0 radical (unpaired) electrons. The van der Waals surface area contributed by atoms with E-state index in [2.05, 4.69) is 5.32 Å². The molecule has 0 aromatic heterocycles. The molecule has 1 heterocycles. The fourth-order valence-corrected chi connectivity index (χ4v) is 2.17. The highest BCUT2D eigenvalue weighted by atomic mass is 35.5. The molecule has 1 atom stereocenters. The predicted octanol–water partition coefficient (Wildman–Crippen LogP) is 2.27. The first-order valence-corrected chi connectivity index (χ1v) is 7.48. The Morgan fingerprint density at radius 2 is 2.33 bits per heavy atom. The molecule has 21 heavy (non-hydrogen) atoms. The van der Waals surface area contributed by atoms with Crippen LogP contribution in [0.25, 0.3) is 0 Å². The molecule has 1 amide bonds. The van der Waals surface area contributed by atoms with Gasteiger partial charge in [0.2, 0.25) is 0 Å². The number of carbonyl (C=O) groups excluding carboxylic acids is 1. The van der Waals surface area contributed by atoms with E-state index in [1.165, 1.54) is 0 Å². The van der Waals surface area contributed by atoms with Crippen LogP contribution in [0, 0.1) is 0 Å². The third-order valence-corrected chi connectivity index (χ3v) is 3.33. The number of hydrogen-bond donors (Lipinski definition) is 1. The van der Waals surface area contributed by atoms with Crippen molar-refractivity contribution < 1.29 is 19.0 Å². The van der Waals surface area contributed by atoms with Gasteiger partial charge >= 0.3 is 0 Å². The smallest absolute Gasteiger partial charge is 0.251 e. The zero-order valence-corrected chi connectivity index (χ0v) is 12.8. The number of benzene rings is 1. The van der Waals surface area contributed by atoms with E-state index in [1.807, 2.05) is 6.92 Å². The van der Waals surface area contributed by atoms with E-state index in [-0.39, 0.29) is 12.0 Å². The summed E-state index contributed by atoms with van der Waals surface area (Å²) in [6.07, 6.45) is 0.813. The molecule has 0 aliphatic carbocycles. The van der Waals surface area contributed by atoms with E-state index < -0.39 is 0 Å². The van der Waals surface area contributed by atoms with Gasteiger partial charge in [0.15, 0.2) is 0 Å². The third-order valence-electron chi connectivity index (χ3n) is 3.03. The molecular weight excluding hydrogens is 294 g/mol. The molecule has 1 aliphatic rings. The second kappa shape index (κ2) is 8.22. The first-order valence-electron chi connectivity index (χ1n) is 7.10. The van der Waals surface area contributed by atoms with Crippen molar-refractivity contribution in [3.8, 4) is 5.75 Å². The SMILES string of the molecule is CCCOc1ccc(C(=O)NC[C@H]2COCCO2)cc1Cl. The highest BCUT2D eigenvalue weighted by Crippen LogP contribution is 2.25. The van der Waals surface area contributed by atoms with Crippen molar-refractivity contribution in [3.05, 3.63) is 28.8 Å². The number of amides is 1. The summed E-state index contributed by atoms with van der Waals surface area (Å²) in [6, 6.07) is 5.03. The number of halogens is 1. The van der Waals surface area contributed by atoms with E-state index in [9.17, 15) is 4.79 Å². The van der Waals surface area contributed by atoms with Gasteiger partial charge in [-0.3, -0.25) is 4.79 Å². The molecule has 1 N–H and O–H groups in total. The number of hydrogen-bond acceptors (Lipinski definition) is 4. The Morgan fingerprint density at radius 1 is 1.48 bits per heavy atom. The van der Waals surface area contributed by atoms with Crippen molar-refractivity contribution in [2.24, 2.45) is 0 Å². The largest absolute Gasteiger partial charge is 0.492 e. The zero-order valence-electron chi connectivity index (χ0n) is 12.1. The Labute approximate surface area is 129 Å². The molecule has 5 nitrogen and oxygen atoms in total. The average molecular weight is 314 g/mol. The predicted molar refractivity (Wildman–Crippen MR) is 80.1 cm³/mol. The van der Waals surface area contributed by atoms with Crippen LogP contribution in [0.1, 0.15) is 23.7 Å². The van der Waals surface area contributed by atoms with E-state index in [4.69, 9.17) is 25.8 Å². The van der Waals surface area contributed by atoms with Gasteiger partial charge < -0.3 is 19.5 Å². The third kappa shape index (κ3) is 4.88. The maximum Gasteiger partial charge on any atom is 0.251 e. The minimum absolute atomic E-state index is 0.0923. The molecule has 0 unspecified atom stereocenters. The van der Waals surface area contributed by atoms with Gasteiger partial charge in [-0.15, -0.1) is 0 Å². The van der Waals surface area contributed by atoms with Crippen molar-refractivity contribution in [2.45, 2.75) is 19.4 Å². The Kier molecular flexibility index (Phi) is 6.29. The molecule has 0 saturated carbocycles. The Morgan fingerprint density at radius 3 is 3.00 bits per heavy atom. The quantitative estimate of drug-likeness (QED) is 0.875. The molecule has 2 rings (SSSR count). The summed E-state index contributed by atoms with van der Waals surface area (Å²) in [7, 11) is 0. The van der Waals surface area contributed by atoms with Crippen molar-refractivity contribution in [1.29, 1.82) is 0 Å². The van der Waals surface area contributed by atoms with Gasteiger partial charge in [0.05, 0.1) is 37.6 Å². The molecule has 6 heteroatoms. The topological polar surface area (TPSA) is 56.8 Å². The number of rotatable bonds is 6. The minimum Gasteiger partial charge on any atom is -0.492 e. The van der Waals surface area contributed by atoms with Crippen LogP contribution in [0.5, 0.6) is 5.75 Å². The van der Waals surface area contributed by atoms with E-state index in [0.29, 0.717) is 49.3 Å². The monoisotopic (exact) mass is 313 g/mol. The maximum atomic E-state index is 12.1. The summed E-state index contributed by atoms with van der Waals surface area (Å²) < 4.78 is 16.2. The summed E-state index contributed by atoms with van der Waals surface area (Å²) in [5, 5.41) is 3.25. The summed E-state index contributed by atoms with van der Waals surface area (Å²) >= 11 is 6.11. The summed E-state index contributed by atoms with van der Waals surface area (Å²) in [4.78, 5) is 12.1. The van der Waals surface area contributed by atoms with Crippen molar-refractivity contribution in [3.63, 3.8) is 0 Å². The van der Waals surface area contributed by atoms with Crippen LogP contribution in [0.2, 0.25) is 5.02 Å². The van der Waals surface area contributed by atoms with Crippen LogP contribution in [-0.4, -0.2) is 45.0 Å². The van der Waals surface area contributed by atoms with E-state index in [1.54, 1.807) is 18.2 Å². The number of carbonyl (C=O) groups is 1. The summed E-state index contributed by atoms with van der Waals surface area (Å²) in [5.74, 6) is 0.409. The molecule has 1 fully saturated rings. The Balaban J connectivity index is 1.88. The lowest BCUT2D eigenvalue weighted by Crippen LogP contribution is -2.39. The lowest BCUT2D eigenvalue weighted by molar-refractivity contribution is -0.0855. The van der Waals surface area contributed by atoms with Crippen molar-refractivity contribution in [1.82, 2.24) is 5.32 Å². The van der Waals surface area contributed by atoms with Gasteiger partial charge in [-0.25, -0.2) is 0 Å². The molecule has 1 aromatic carbocycles. The fraction of sp³-hybridized carbons (Fsp3) is 0.533. The Hall–Kier alpha value is -1.30. The second-order valence-electron chi connectivity index (χ2n) is 4.77. The van der Waals surface area contributed by atoms with Gasteiger partial charge in [-0.05, 0) is 24.6 Å². The summed E-state index contributed by atoms with van der Waals surface area (Å²) in [6.45, 7) is 4.72. The zero-order chi connectivity index (χ0) is 15.1. The van der Waals surface area contributed by atoms with Crippen LogP contribution >= 0.6 is 11.6 Å². The van der Waals surface area contributed by atoms with Gasteiger partial charge in [-0.2, -0.15) is 0 Å². The lowest BCUT2D eigenvalue weighted by atomic mass is 10.2. The molecule has 0 spiro atoms. The maximum absolute atomic E-state index is 12.1. The van der Waals surface area contributed by atoms with Crippen LogP contribution in [-0.2, 0) is 9.47 Å². The molecule has 1 aromatic rings. The van der Waals surface area contributed by atoms with Crippen molar-refractivity contribution in [2.75, 3.05) is 33.0 Å². The molecule has 1 saturated heterocycles. The van der Waals surface area contributed by atoms with Crippen LogP contribution in [0.15, 0.2) is 18.2 Å². The molecule has 0 bridgehead atoms.